The number of carbonyl (C=O) groups is 2. The molecule has 29 heavy (non-hydrogen) atoms. The summed E-state index contributed by atoms with van der Waals surface area (Å²) in [6.45, 7) is 0.676. The molecule has 0 aliphatic carbocycles. The van der Waals surface area contributed by atoms with Gasteiger partial charge in [-0.05, 0) is 29.6 Å². The van der Waals surface area contributed by atoms with Crippen LogP contribution in [0, 0.1) is 0 Å². The third-order valence-electron chi connectivity index (χ3n) is 4.35. The first kappa shape index (κ1) is 19.7. The number of benzene rings is 1. The van der Waals surface area contributed by atoms with Crippen LogP contribution in [-0.2, 0) is 17.9 Å². The molecular weight excluding hydrogens is 428 g/mol. The van der Waals surface area contributed by atoms with Gasteiger partial charge in [0.05, 0.1) is 30.9 Å². The predicted molar refractivity (Wildman–Crippen MR) is 116 cm³/mol. The molecule has 0 atom stereocenters. The summed E-state index contributed by atoms with van der Waals surface area (Å²) in [4.78, 5) is 28.6. The van der Waals surface area contributed by atoms with Gasteiger partial charge in [-0.3, -0.25) is 9.59 Å². The number of fused-ring (bicyclic) bond motifs is 1. The van der Waals surface area contributed by atoms with Gasteiger partial charge in [0.15, 0.2) is 0 Å². The first-order valence-electron chi connectivity index (χ1n) is 8.89. The second kappa shape index (κ2) is 8.82. The lowest BCUT2D eigenvalue weighted by Gasteiger charge is -2.21. The van der Waals surface area contributed by atoms with Crippen molar-refractivity contribution in [3.8, 4) is 0 Å². The number of rotatable bonds is 7. The van der Waals surface area contributed by atoms with Crippen LogP contribution in [0.15, 0.2) is 64.6 Å². The van der Waals surface area contributed by atoms with E-state index < -0.39 is 0 Å². The van der Waals surface area contributed by atoms with Crippen molar-refractivity contribution in [3.05, 3.63) is 80.7 Å². The van der Waals surface area contributed by atoms with E-state index in [0.717, 1.165) is 15.0 Å². The normalized spacial score (nSPS) is 10.9. The molecule has 5 nitrogen and oxygen atoms in total. The number of thiophene rings is 2. The molecule has 8 heteroatoms. The lowest BCUT2D eigenvalue weighted by Crippen LogP contribution is -2.39. The summed E-state index contributed by atoms with van der Waals surface area (Å²) in [7, 11) is 0. The highest BCUT2D eigenvalue weighted by atomic mass is 35.5. The van der Waals surface area contributed by atoms with E-state index in [4.69, 9.17) is 16.0 Å². The number of nitrogens with zero attached hydrogens (tertiary/aromatic N) is 1. The van der Waals surface area contributed by atoms with Crippen molar-refractivity contribution in [2.24, 2.45) is 0 Å². The van der Waals surface area contributed by atoms with Crippen LogP contribution in [-0.4, -0.2) is 23.3 Å². The molecule has 0 aliphatic rings. The zero-order chi connectivity index (χ0) is 20.2. The average molecular weight is 445 g/mol. The van der Waals surface area contributed by atoms with Crippen molar-refractivity contribution >= 4 is 56.2 Å². The first-order chi connectivity index (χ1) is 14.1. The van der Waals surface area contributed by atoms with Gasteiger partial charge in [0.25, 0.3) is 5.91 Å². The van der Waals surface area contributed by atoms with E-state index in [9.17, 15) is 9.59 Å². The summed E-state index contributed by atoms with van der Waals surface area (Å²) in [6, 6.07) is 15.1. The lowest BCUT2D eigenvalue weighted by molar-refractivity contribution is -0.131. The number of halogens is 1. The number of hydrogen-bond donors (Lipinski definition) is 1. The van der Waals surface area contributed by atoms with Gasteiger partial charge in [0.1, 0.15) is 10.6 Å². The van der Waals surface area contributed by atoms with Gasteiger partial charge in [0.2, 0.25) is 5.91 Å². The van der Waals surface area contributed by atoms with Gasteiger partial charge in [-0.25, -0.2) is 0 Å². The van der Waals surface area contributed by atoms with E-state index in [1.165, 1.54) is 11.3 Å². The van der Waals surface area contributed by atoms with E-state index in [-0.39, 0.29) is 18.4 Å². The molecule has 3 aromatic heterocycles. The van der Waals surface area contributed by atoms with Crippen molar-refractivity contribution < 1.29 is 14.0 Å². The number of amides is 2. The van der Waals surface area contributed by atoms with Crippen LogP contribution in [0.3, 0.4) is 0 Å². The lowest BCUT2D eigenvalue weighted by atomic mass is 10.2. The standard InChI is InChI=1S/C21H17ClN2O3S2/c22-19-16-7-1-2-8-17(16)29-20(19)21(26)23-11-18(25)24(12-14-5-3-9-27-14)13-15-6-4-10-28-15/h1-10H,11-13H2,(H,23,26). The summed E-state index contributed by atoms with van der Waals surface area (Å²) in [6.07, 6.45) is 1.58. The van der Waals surface area contributed by atoms with Crippen molar-refractivity contribution in [3.63, 3.8) is 0 Å². The van der Waals surface area contributed by atoms with E-state index in [0.29, 0.717) is 28.7 Å². The topological polar surface area (TPSA) is 62.6 Å². The van der Waals surface area contributed by atoms with Crippen LogP contribution < -0.4 is 5.32 Å². The Kier molecular flexibility index (Phi) is 5.99. The molecule has 2 amide bonds. The highest BCUT2D eigenvalue weighted by molar-refractivity contribution is 7.21. The molecule has 0 spiro atoms. The second-order valence-electron chi connectivity index (χ2n) is 6.33. The first-order valence-corrected chi connectivity index (χ1v) is 11.0. The highest BCUT2D eigenvalue weighted by Gasteiger charge is 2.20. The Balaban J connectivity index is 1.45. The summed E-state index contributed by atoms with van der Waals surface area (Å²) < 4.78 is 6.32. The average Bonchev–Trinajstić information content (AvgIpc) is 3.48. The van der Waals surface area contributed by atoms with E-state index in [1.807, 2.05) is 47.8 Å². The Morgan fingerprint density at radius 3 is 2.66 bits per heavy atom. The maximum absolute atomic E-state index is 12.8. The number of furan rings is 1. The summed E-state index contributed by atoms with van der Waals surface area (Å²) in [5.74, 6) is 0.146. The molecule has 1 N–H and O–H groups in total. The molecule has 4 rings (SSSR count). The Hall–Kier alpha value is -2.61. The Morgan fingerprint density at radius 2 is 1.93 bits per heavy atom. The maximum Gasteiger partial charge on any atom is 0.263 e. The third kappa shape index (κ3) is 4.53. The van der Waals surface area contributed by atoms with Crippen molar-refractivity contribution in [1.29, 1.82) is 0 Å². The van der Waals surface area contributed by atoms with Gasteiger partial charge < -0.3 is 14.6 Å². The largest absolute Gasteiger partial charge is 0.467 e. The molecule has 3 heterocycles. The van der Waals surface area contributed by atoms with Crippen molar-refractivity contribution in [1.82, 2.24) is 10.2 Å². The fourth-order valence-corrected chi connectivity index (χ4v) is 5.07. The molecule has 4 aromatic rings. The van der Waals surface area contributed by atoms with Crippen LogP contribution in [0.2, 0.25) is 5.02 Å². The summed E-state index contributed by atoms with van der Waals surface area (Å²) in [5, 5.41) is 5.94. The van der Waals surface area contributed by atoms with Crippen LogP contribution in [0.1, 0.15) is 20.3 Å². The minimum Gasteiger partial charge on any atom is -0.467 e. The molecule has 148 valence electrons. The van der Waals surface area contributed by atoms with Gasteiger partial charge in [-0.2, -0.15) is 0 Å². The van der Waals surface area contributed by atoms with E-state index >= 15 is 0 Å². The van der Waals surface area contributed by atoms with Crippen LogP contribution in [0.5, 0.6) is 0 Å². The number of carbonyl (C=O) groups excluding carboxylic acids is 2. The van der Waals surface area contributed by atoms with Gasteiger partial charge >= 0.3 is 0 Å². The second-order valence-corrected chi connectivity index (χ2v) is 8.79. The fraction of sp³-hybridized carbons (Fsp3) is 0.143. The molecule has 0 fully saturated rings. The van der Waals surface area contributed by atoms with Gasteiger partial charge in [0, 0.05) is 15.0 Å². The molecule has 0 saturated carbocycles. The molecular formula is C21H17ClN2O3S2. The number of nitrogens with one attached hydrogen (secondary N) is 1. The highest BCUT2D eigenvalue weighted by Crippen LogP contribution is 2.34. The minimum absolute atomic E-state index is 0.116. The monoisotopic (exact) mass is 444 g/mol. The molecule has 0 radical (unpaired) electrons. The maximum atomic E-state index is 12.8. The molecule has 0 saturated heterocycles. The summed E-state index contributed by atoms with van der Waals surface area (Å²) in [5.41, 5.74) is 0. The number of hydrogen-bond acceptors (Lipinski definition) is 5. The summed E-state index contributed by atoms with van der Waals surface area (Å²) >= 11 is 9.26. The third-order valence-corrected chi connectivity index (χ3v) is 6.88. The van der Waals surface area contributed by atoms with Crippen LogP contribution in [0.4, 0.5) is 0 Å². The Labute approximate surface area is 180 Å². The van der Waals surface area contributed by atoms with Crippen LogP contribution in [0.25, 0.3) is 10.1 Å². The van der Waals surface area contributed by atoms with E-state index in [2.05, 4.69) is 5.32 Å². The van der Waals surface area contributed by atoms with Gasteiger partial charge in [-0.1, -0.05) is 35.9 Å². The fourth-order valence-electron chi connectivity index (χ4n) is 2.92. The van der Waals surface area contributed by atoms with Crippen LogP contribution >= 0.6 is 34.3 Å². The van der Waals surface area contributed by atoms with Crippen molar-refractivity contribution in [2.45, 2.75) is 13.1 Å². The Bertz CT molecular complexity index is 1080. The SMILES string of the molecule is O=C(NCC(=O)N(Cc1ccco1)Cc1cccs1)c1sc2ccccc2c1Cl. The Morgan fingerprint density at radius 1 is 1.07 bits per heavy atom. The zero-order valence-electron chi connectivity index (χ0n) is 15.3. The minimum atomic E-state index is -0.348. The smallest absolute Gasteiger partial charge is 0.263 e. The van der Waals surface area contributed by atoms with E-state index in [1.54, 1.807) is 28.6 Å². The molecule has 0 aliphatic heterocycles. The predicted octanol–water partition coefficient (Wildman–Crippen LogP) is 5.17. The molecule has 0 bridgehead atoms. The van der Waals surface area contributed by atoms with Gasteiger partial charge in [-0.15, -0.1) is 22.7 Å². The van der Waals surface area contributed by atoms with Crippen molar-refractivity contribution in [2.75, 3.05) is 6.54 Å². The molecule has 0 unspecified atom stereocenters. The molecule has 1 aromatic carbocycles. The zero-order valence-corrected chi connectivity index (χ0v) is 17.7. The quantitative estimate of drug-likeness (QED) is 0.427.